The Morgan fingerprint density at radius 2 is 0.776 bits per heavy atom. The van der Waals surface area contributed by atoms with Gasteiger partial charge in [-0.1, -0.05) is 153 Å². The van der Waals surface area contributed by atoms with Crippen molar-refractivity contribution in [3.05, 3.63) is 215 Å². The third-order valence-electron chi connectivity index (χ3n) is 23.4. The Hall–Kier alpha value is -12.7. The number of carbonyl (C=O) groups is 8. The van der Waals surface area contributed by atoms with Crippen LogP contribution in [0, 0.1) is 5.92 Å². The minimum absolute atomic E-state index is 0.0398. The maximum atomic E-state index is 14.1. The molecule has 4 aliphatic heterocycles. The van der Waals surface area contributed by atoms with Crippen LogP contribution in [0.25, 0.3) is 67.3 Å². The van der Waals surface area contributed by atoms with Gasteiger partial charge in [-0.2, -0.15) is 0 Å². The number of hydrogen-bond donors (Lipinski definition) is 7. The number of H-pyrrole nitrogens is 4. The van der Waals surface area contributed by atoms with Crippen molar-refractivity contribution in [2.24, 2.45) is 5.92 Å². The highest BCUT2D eigenvalue weighted by molar-refractivity contribution is 5.90. The van der Waals surface area contributed by atoms with Gasteiger partial charge in [0.2, 0.25) is 11.8 Å². The number of methoxy groups -OCH3 is 4. The molecule has 6 aliphatic rings. The van der Waals surface area contributed by atoms with Crippen LogP contribution in [0.3, 0.4) is 0 Å². The van der Waals surface area contributed by atoms with Crippen LogP contribution in [0.4, 0.5) is 14.4 Å². The minimum atomic E-state index is -0.883. The van der Waals surface area contributed by atoms with E-state index in [1.165, 1.54) is 39.6 Å². The number of hydrogen-bond acceptors (Lipinski definition) is 16. The molecular formula is C89H97N15O12. The number of likely N-dealkylation sites (tertiary alicyclic amines) is 4. The summed E-state index contributed by atoms with van der Waals surface area (Å²) in [6, 6.07) is 45.1. The smallest absolute Gasteiger partial charge is 0.407 e. The number of aromatic nitrogens is 8. The summed E-state index contributed by atoms with van der Waals surface area (Å²) in [6.45, 7) is 5.81. The molecule has 10 aromatic rings. The number of aromatic amines is 4. The highest BCUT2D eigenvalue weighted by Crippen LogP contribution is 2.43. The lowest BCUT2D eigenvalue weighted by Gasteiger charge is -2.28. The fraction of sp³-hybridized carbons (Fsp3) is 0.371. The predicted octanol–water partition coefficient (Wildman–Crippen LogP) is 14.0. The van der Waals surface area contributed by atoms with E-state index < -0.39 is 42.3 Å². The van der Waals surface area contributed by atoms with E-state index in [1.54, 1.807) is 23.6 Å². The third-order valence-corrected chi connectivity index (χ3v) is 23.4. The third kappa shape index (κ3) is 16.7. The van der Waals surface area contributed by atoms with Crippen LogP contribution >= 0.6 is 0 Å². The Bertz CT molecular complexity index is 5250. The molecule has 4 aromatic heterocycles. The molecule has 4 fully saturated rings. The van der Waals surface area contributed by atoms with Crippen LogP contribution in [0.5, 0.6) is 0 Å². The molecule has 4 saturated heterocycles. The number of esters is 1. The molecule has 6 aromatic carbocycles. The normalized spacial score (nSPS) is 18.4. The van der Waals surface area contributed by atoms with E-state index >= 15 is 0 Å². The zero-order valence-electron chi connectivity index (χ0n) is 66.0. The number of ether oxygens (including phenoxy) is 4. The summed E-state index contributed by atoms with van der Waals surface area (Å²) >= 11 is 0. The maximum absolute atomic E-state index is 14.1. The van der Waals surface area contributed by atoms with Gasteiger partial charge in [0.15, 0.2) is 0 Å². The zero-order valence-corrected chi connectivity index (χ0v) is 66.0. The fourth-order valence-electron chi connectivity index (χ4n) is 17.4. The van der Waals surface area contributed by atoms with Crippen molar-refractivity contribution in [2.75, 3.05) is 54.6 Å². The highest BCUT2D eigenvalue weighted by atomic mass is 16.5. The average molecular weight is 1570 g/mol. The number of nitrogens with one attached hydrogen (secondary N) is 7. The molecule has 27 heteroatoms. The molecule has 0 saturated carbocycles. The van der Waals surface area contributed by atoms with Gasteiger partial charge in [0.25, 0.3) is 11.8 Å². The minimum Gasteiger partial charge on any atom is -0.469 e. The highest BCUT2D eigenvalue weighted by Gasteiger charge is 2.42. The number of benzene rings is 6. The summed E-state index contributed by atoms with van der Waals surface area (Å²) in [5.74, 6) is 1.58. The monoisotopic (exact) mass is 1570 g/mol. The second-order valence-corrected chi connectivity index (χ2v) is 30.6. The van der Waals surface area contributed by atoms with Crippen molar-refractivity contribution >= 4 is 47.9 Å². The van der Waals surface area contributed by atoms with Crippen LogP contribution in [0.15, 0.2) is 158 Å². The first-order valence-electron chi connectivity index (χ1n) is 40.1. The maximum Gasteiger partial charge on any atom is 0.407 e. The first-order valence-corrected chi connectivity index (χ1v) is 40.1. The first-order chi connectivity index (χ1) is 56.4. The van der Waals surface area contributed by atoms with Gasteiger partial charge in [0, 0.05) is 54.6 Å². The summed E-state index contributed by atoms with van der Waals surface area (Å²) < 4.78 is 19.2. The second kappa shape index (κ2) is 35.0. The molecule has 16 rings (SSSR count). The topological polar surface area (TPSA) is 337 Å². The molecule has 0 spiro atoms. The Morgan fingerprint density at radius 1 is 0.405 bits per heavy atom. The molecule has 8 heterocycles. The van der Waals surface area contributed by atoms with Crippen LogP contribution in [0.2, 0.25) is 0 Å². The van der Waals surface area contributed by atoms with Gasteiger partial charge in [-0.15, -0.1) is 0 Å². The number of nitrogens with zero attached hydrogens (tertiary/aromatic N) is 8. The lowest BCUT2D eigenvalue weighted by Crippen LogP contribution is -2.46. The Balaban J connectivity index is 0.000000185. The van der Waals surface area contributed by atoms with E-state index in [9.17, 15) is 38.4 Å². The first kappa shape index (κ1) is 78.6. The van der Waals surface area contributed by atoms with Crippen molar-refractivity contribution < 1.29 is 57.3 Å². The van der Waals surface area contributed by atoms with Gasteiger partial charge in [-0.25, -0.2) is 34.3 Å². The molecule has 7 N–H and O–H groups in total. The molecule has 2 aliphatic carbocycles. The number of alkyl carbamates (subject to hydrolysis) is 3. The SMILES string of the molecule is COC(=O)C[C@@H](C)C(=O)N1CCC[C@H]1c1nc2c([nH]1)CCCc1cc(-c3ccc(-c4cnc([C@@H]5CCCN5C(=O)[C@H](C)NC(=O)OC)[nH]4)cc3)ccc1-2.COC(=O)N[C@@H](C(=O)N1CCC[C@H]1c1ncc(-c2ccc(-c3ccc4c(c3)CCCc3[nH]c([C@@H]5CCCN5C(=O)[C@H](NC(=O)OC)c5ccccc5)nc3-4)cc2)[nH]1)c1ccccc1. The van der Waals surface area contributed by atoms with Gasteiger partial charge in [0.1, 0.15) is 41.4 Å². The molecule has 0 bridgehead atoms. The van der Waals surface area contributed by atoms with Crippen LogP contribution < -0.4 is 16.0 Å². The number of aryl methyl sites for hydroxylation is 4. The quantitative estimate of drug-likeness (QED) is 0.0292. The van der Waals surface area contributed by atoms with Crippen molar-refractivity contribution in [3.8, 4) is 67.3 Å². The molecule has 0 radical (unpaired) electrons. The number of imidazole rings is 4. The summed E-state index contributed by atoms with van der Waals surface area (Å²) in [5.41, 5.74) is 18.2. The van der Waals surface area contributed by atoms with Gasteiger partial charge >= 0.3 is 24.2 Å². The van der Waals surface area contributed by atoms with Crippen molar-refractivity contribution in [3.63, 3.8) is 0 Å². The van der Waals surface area contributed by atoms with Crippen LogP contribution in [0.1, 0.15) is 178 Å². The summed E-state index contributed by atoms with van der Waals surface area (Å²) in [6.07, 6.45) is 13.8. The van der Waals surface area contributed by atoms with Crippen LogP contribution in [-0.4, -0.2) is 168 Å². The van der Waals surface area contributed by atoms with Crippen LogP contribution in [-0.2, 0) is 68.6 Å². The lowest BCUT2D eigenvalue weighted by molar-refractivity contribution is -0.146. The number of rotatable bonds is 19. The number of amides is 7. The van der Waals surface area contributed by atoms with Gasteiger partial charge in [-0.3, -0.25) is 24.0 Å². The van der Waals surface area contributed by atoms with E-state index in [4.69, 9.17) is 29.2 Å². The summed E-state index contributed by atoms with van der Waals surface area (Å²) in [5, 5.41) is 8.04. The van der Waals surface area contributed by atoms with E-state index in [1.807, 2.05) is 82.9 Å². The van der Waals surface area contributed by atoms with E-state index in [0.29, 0.717) is 43.1 Å². The largest absolute Gasteiger partial charge is 0.469 e. The van der Waals surface area contributed by atoms with E-state index in [2.05, 4.69) is 131 Å². The van der Waals surface area contributed by atoms with E-state index in [-0.39, 0.29) is 60.2 Å². The molecule has 600 valence electrons. The molecule has 116 heavy (non-hydrogen) atoms. The van der Waals surface area contributed by atoms with E-state index in [0.717, 1.165) is 186 Å². The Labute approximate surface area is 672 Å². The van der Waals surface area contributed by atoms with Crippen molar-refractivity contribution in [1.29, 1.82) is 0 Å². The van der Waals surface area contributed by atoms with Gasteiger partial charge < -0.3 is 74.4 Å². The number of carbonyl (C=O) groups excluding carboxylic acids is 8. The molecular weight excluding hydrogens is 1470 g/mol. The molecule has 7 amide bonds. The number of fused-ring (bicyclic) bond motifs is 6. The fourth-order valence-corrected chi connectivity index (χ4v) is 17.4. The lowest BCUT2D eigenvalue weighted by atomic mass is 9.95. The summed E-state index contributed by atoms with van der Waals surface area (Å²) in [4.78, 5) is 144. The van der Waals surface area contributed by atoms with Gasteiger partial charge in [-0.05, 0) is 152 Å². The predicted molar refractivity (Wildman–Crippen MR) is 433 cm³/mol. The molecule has 8 atom stereocenters. The van der Waals surface area contributed by atoms with Crippen molar-refractivity contribution in [1.82, 2.24) is 75.4 Å². The second-order valence-electron chi connectivity index (χ2n) is 30.6. The average Bonchev–Trinajstić information content (AvgIpc) is 1.61. The van der Waals surface area contributed by atoms with Crippen molar-refractivity contribution in [2.45, 2.75) is 152 Å². The summed E-state index contributed by atoms with van der Waals surface area (Å²) in [7, 11) is 5.20. The Morgan fingerprint density at radius 3 is 1.18 bits per heavy atom. The molecule has 0 unspecified atom stereocenters. The molecule has 27 nitrogen and oxygen atoms in total. The Kier molecular flexibility index (Phi) is 23.7. The standard InChI is InChI=1S/C49H50N8O6.C40H47N7O6/c1-62-48(60)54-41(32-12-5-3-6-13-32)46(58)56-26-10-18-39(56)44-50-29-38(52-44)31-22-20-30(21-23-31)34-24-25-36-35(28-34)16-9-17-37-43(36)53-45(51-37)40-19-11-27-57(40)47(59)42(55-49(61)63-2)33-14-7-4-8-15-33;1-23(20-34(48)52-3)38(49)46-18-7-11-33(46)37-43-30-9-5-8-28-21-27(16-17-29(28)35(30)45-37)25-12-14-26(15-13-25)31-22-41-36(44-31)32-10-6-19-47(32)39(50)24(2)42-40(51)53-4/h3-8,12-15,20-25,28-29,39-42H,9-11,16-19,26-27H2,1-2H3,(H,50,52)(H,51,53)(H,54,60)(H,55,61);12-17,21-24,32-33H,5-11,18-20H2,1-4H3,(H,41,44)(H,42,51)(H,43,45)/t39-,40-,41+,42+;23-,24+,32+,33+/m01/s1. The van der Waals surface area contributed by atoms with Gasteiger partial charge in [0.05, 0.1) is 94.2 Å². The zero-order chi connectivity index (χ0) is 80.7.